The summed E-state index contributed by atoms with van der Waals surface area (Å²) in [5.41, 5.74) is 6.19. The van der Waals surface area contributed by atoms with E-state index in [1.165, 1.54) is 19.4 Å². The van der Waals surface area contributed by atoms with Crippen LogP contribution in [0.25, 0.3) is 0 Å². The molecule has 116 valence electrons. The summed E-state index contributed by atoms with van der Waals surface area (Å²) in [6, 6.07) is 1.52. The first-order chi connectivity index (χ1) is 9.94. The van der Waals surface area contributed by atoms with Gasteiger partial charge < -0.3 is 20.3 Å². The molecule has 0 atom stereocenters. The van der Waals surface area contributed by atoms with Gasteiger partial charge in [-0.15, -0.1) is 0 Å². The molecular weight excluding hydrogens is 272 g/mol. The Morgan fingerprint density at radius 1 is 1.33 bits per heavy atom. The van der Waals surface area contributed by atoms with Crippen LogP contribution < -0.4 is 10.6 Å². The summed E-state index contributed by atoms with van der Waals surface area (Å²) >= 11 is 0. The molecule has 0 aliphatic rings. The van der Waals surface area contributed by atoms with Crippen LogP contribution >= 0.6 is 0 Å². The minimum Gasteiger partial charge on any atom is -0.465 e. The molecule has 7 heteroatoms. The molecule has 0 unspecified atom stereocenters. The lowest BCUT2D eigenvalue weighted by molar-refractivity contribution is -0.129. The van der Waals surface area contributed by atoms with Crippen molar-refractivity contribution in [3.63, 3.8) is 0 Å². The first kappa shape index (κ1) is 16.7. The highest BCUT2D eigenvalue weighted by Crippen LogP contribution is 2.18. The normalized spacial score (nSPS) is 10.1. The predicted molar refractivity (Wildman–Crippen MR) is 81.2 cm³/mol. The van der Waals surface area contributed by atoms with E-state index in [9.17, 15) is 9.59 Å². The van der Waals surface area contributed by atoms with Crippen LogP contribution in [-0.4, -0.2) is 55.6 Å². The summed E-state index contributed by atoms with van der Waals surface area (Å²) in [4.78, 5) is 31.2. The van der Waals surface area contributed by atoms with Gasteiger partial charge in [-0.2, -0.15) is 0 Å². The summed E-state index contributed by atoms with van der Waals surface area (Å²) < 4.78 is 4.67. The Labute approximate surface area is 124 Å². The number of pyridine rings is 1. The second-order valence-electron chi connectivity index (χ2n) is 4.54. The van der Waals surface area contributed by atoms with E-state index in [2.05, 4.69) is 9.72 Å². The number of esters is 1. The monoisotopic (exact) mass is 294 g/mol. The van der Waals surface area contributed by atoms with Crippen molar-refractivity contribution in [1.82, 2.24) is 9.88 Å². The van der Waals surface area contributed by atoms with Crippen molar-refractivity contribution in [2.24, 2.45) is 0 Å². The molecule has 1 aromatic rings. The van der Waals surface area contributed by atoms with Gasteiger partial charge in [0.2, 0.25) is 5.91 Å². The van der Waals surface area contributed by atoms with Crippen molar-refractivity contribution >= 4 is 23.4 Å². The zero-order chi connectivity index (χ0) is 16.0. The number of amides is 1. The number of ether oxygens (including phenoxy) is 1. The fourth-order valence-electron chi connectivity index (χ4n) is 1.91. The van der Waals surface area contributed by atoms with Crippen LogP contribution in [0.5, 0.6) is 0 Å². The maximum Gasteiger partial charge on any atom is 0.340 e. The minimum absolute atomic E-state index is 0.000688. The lowest BCUT2D eigenvalue weighted by atomic mass is 10.2. The third-order valence-corrected chi connectivity index (χ3v) is 3.21. The second-order valence-corrected chi connectivity index (χ2v) is 4.54. The maximum absolute atomic E-state index is 12.1. The molecule has 0 spiro atoms. The SMILES string of the molecule is CCN(CC)C(=O)CN(C)c1cc(C(=O)OC)c(N)cn1. The molecule has 1 heterocycles. The van der Waals surface area contributed by atoms with Gasteiger partial charge in [-0.25, -0.2) is 9.78 Å². The molecule has 0 saturated carbocycles. The van der Waals surface area contributed by atoms with E-state index >= 15 is 0 Å². The maximum atomic E-state index is 12.1. The van der Waals surface area contributed by atoms with E-state index in [0.29, 0.717) is 18.9 Å². The average molecular weight is 294 g/mol. The quantitative estimate of drug-likeness (QED) is 0.779. The van der Waals surface area contributed by atoms with Crippen molar-refractivity contribution in [3.05, 3.63) is 17.8 Å². The van der Waals surface area contributed by atoms with Gasteiger partial charge in [0.15, 0.2) is 0 Å². The van der Waals surface area contributed by atoms with E-state index in [-0.39, 0.29) is 23.7 Å². The molecule has 0 bridgehead atoms. The van der Waals surface area contributed by atoms with Crippen molar-refractivity contribution in [1.29, 1.82) is 0 Å². The largest absolute Gasteiger partial charge is 0.465 e. The number of nitrogens with zero attached hydrogens (tertiary/aromatic N) is 3. The predicted octanol–water partition coefficient (Wildman–Crippen LogP) is 0.755. The Morgan fingerprint density at radius 3 is 2.48 bits per heavy atom. The molecule has 0 aliphatic heterocycles. The van der Waals surface area contributed by atoms with Gasteiger partial charge >= 0.3 is 5.97 Å². The van der Waals surface area contributed by atoms with Gasteiger partial charge in [0.05, 0.1) is 31.1 Å². The Balaban J connectivity index is 2.90. The smallest absolute Gasteiger partial charge is 0.340 e. The number of hydrogen-bond acceptors (Lipinski definition) is 6. The number of hydrogen-bond donors (Lipinski definition) is 1. The van der Waals surface area contributed by atoms with Crippen LogP contribution in [0.15, 0.2) is 12.3 Å². The van der Waals surface area contributed by atoms with Crippen LogP contribution in [0.3, 0.4) is 0 Å². The number of carbonyl (C=O) groups excluding carboxylic acids is 2. The summed E-state index contributed by atoms with van der Waals surface area (Å²) in [6.07, 6.45) is 1.39. The zero-order valence-electron chi connectivity index (χ0n) is 12.9. The van der Waals surface area contributed by atoms with Crippen molar-refractivity contribution in [2.75, 3.05) is 44.4 Å². The Morgan fingerprint density at radius 2 is 1.95 bits per heavy atom. The third-order valence-electron chi connectivity index (χ3n) is 3.21. The van der Waals surface area contributed by atoms with Crippen molar-refractivity contribution < 1.29 is 14.3 Å². The molecule has 0 aliphatic carbocycles. The molecule has 1 rings (SSSR count). The van der Waals surface area contributed by atoms with Gasteiger partial charge in [0, 0.05) is 20.1 Å². The first-order valence-corrected chi connectivity index (χ1v) is 6.77. The fraction of sp³-hybridized carbons (Fsp3) is 0.500. The highest BCUT2D eigenvalue weighted by Gasteiger charge is 2.17. The van der Waals surface area contributed by atoms with Gasteiger partial charge in [-0.1, -0.05) is 0 Å². The number of anilines is 2. The minimum atomic E-state index is -0.528. The molecule has 7 nitrogen and oxygen atoms in total. The number of nitrogens with two attached hydrogens (primary N) is 1. The van der Waals surface area contributed by atoms with Gasteiger partial charge in [0.25, 0.3) is 0 Å². The molecule has 21 heavy (non-hydrogen) atoms. The van der Waals surface area contributed by atoms with Gasteiger partial charge in [-0.05, 0) is 19.9 Å². The van der Waals surface area contributed by atoms with E-state index in [4.69, 9.17) is 5.73 Å². The standard InChI is InChI=1S/C14H22N4O3/c1-5-18(6-2)13(19)9-17(3)12-7-10(14(20)21-4)11(15)8-16-12/h7-8H,5-6,9,15H2,1-4H3. The van der Waals surface area contributed by atoms with Crippen LogP contribution in [0, 0.1) is 0 Å². The van der Waals surface area contributed by atoms with E-state index in [1.807, 2.05) is 13.8 Å². The third kappa shape index (κ3) is 4.08. The van der Waals surface area contributed by atoms with Crippen LogP contribution in [0.1, 0.15) is 24.2 Å². The zero-order valence-corrected chi connectivity index (χ0v) is 12.9. The summed E-state index contributed by atoms with van der Waals surface area (Å²) in [5.74, 6) is -0.0366. The number of methoxy groups -OCH3 is 1. The van der Waals surface area contributed by atoms with Crippen LogP contribution in [0.4, 0.5) is 11.5 Å². The number of rotatable bonds is 6. The average Bonchev–Trinajstić information content (AvgIpc) is 2.48. The van der Waals surface area contributed by atoms with Crippen molar-refractivity contribution in [3.8, 4) is 0 Å². The Kier molecular flexibility index (Phi) is 5.95. The number of aromatic nitrogens is 1. The summed E-state index contributed by atoms with van der Waals surface area (Å²) in [6.45, 7) is 5.35. The first-order valence-electron chi connectivity index (χ1n) is 6.77. The molecule has 2 N–H and O–H groups in total. The molecule has 1 aromatic heterocycles. The van der Waals surface area contributed by atoms with E-state index in [0.717, 1.165) is 0 Å². The van der Waals surface area contributed by atoms with Crippen molar-refractivity contribution in [2.45, 2.75) is 13.8 Å². The number of likely N-dealkylation sites (N-methyl/N-ethyl adjacent to an activating group) is 2. The topological polar surface area (TPSA) is 88.8 Å². The lowest BCUT2D eigenvalue weighted by Gasteiger charge is -2.24. The van der Waals surface area contributed by atoms with Gasteiger partial charge in [-0.3, -0.25) is 4.79 Å². The van der Waals surface area contributed by atoms with E-state index in [1.54, 1.807) is 16.8 Å². The molecule has 1 amide bonds. The molecule has 0 radical (unpaired) electrons. The van der Waals surface area contributed by atoms with Crippen LogP contribution in [0.2, 0.25) is 0 Å². The highest BCUT2D eigenvalue weighted by molar-refractivity contribution is 5.95. The molecule has 0 aromatic carbocycles. The lowest BCUT2D eigenvalue weighted by Crippen LogP contribution is -2.39. The summed E-state index contributed by atoms with van der Waals surface area (Å²) in [5, 5.41) is 0. The number of nitrogen functional groups attached to an aromatic ring is 1. The molecular formula is C14H22N4O3. The summed E-state index contributed by atoms with van der Waals surface area (Å²) in [7, 11) is 3.02. The molecule has 0 saturated heterocycles. The fourth-order valence-corrected chi connectivity index (χ4v) is 1.91. The Hall–Kier alpha value is -2.31. The Bertz CT molecular complexity index is 515. The molecule has 0 fully saturated rings. The van der Waals surface area contributed by atoms with Crippen LogP contribution in [-0.2, 0) is 9.53 Å². The highest BCUT2D eigenvalue weighted by atomic mass is 16.5. The second kappa shape index (κ2) is 7.47. The van der Waals surface area contributed by atoms with Gasteiger partial charge in [0.1, 0.15) is 5.82 Å². The van der Waals surface area contributed by atoms with E-state index < -0.39 is 5.97 Å². The number of carbonyl (C=O) groups is 2.